The van der Waals surface area contributed by atoms with E-state index in [-0.39, 0.29) is 16.8 Å². The maximum absolute atomic E-state index is 14.3. The van der Waals surface area contributed by atoms with Crippen LogP contribution >= 0.6 is 0 Å². The highest BCUT2D eigenvalue weighted by Gasteiger charge is 2.35. The number of hydrogen-bond donors (Lipinski definition) is 1. The van der Waals surface area contributed by atoms with Crippen LogP contribution in [0.2, 0.25) is 0 Å². The lowest BCUT2D eigenvalue weighted by Gasteiger charge is -2.38. The number of para-hydroxylation sites is 1. The van der Waals surface area contributed by atoms with Gasteiger partial charge in [0.1, 0.15) is 17.3 Å². The van der Waals surface area contributed by atoms with Crippen LogP contribution in [0.5, 0.6) is 5.75 Å². The van der Waals surface area contributed by atoms with Crippen LogP contribution in [0.1, 0.15) is 41.5 Å². The van der Waals surface area contributed by atoms with Crippen LogP contribution in [0.25, 0.3) is 5.69 Å². The Morgan fingerprint density at radius 2 is 1.88 bits per heavy atom. The lowest BCUT2D eigenvalue weighted by atomic mass is 9.74. The first-order valence-corrected chi connectivity index (χ1v) is 11.4. The molecule has 0 radical (unpaired) electrons. The van der Waals surface area contributed by atoms with Crippen LogP contribution in [0, 0.1) is 12.7 Å². The maximum Gasteiger partial charge on any atom is 0.275 e. The number of nitrogens with zero attached hydrogens (tertiary/aromatic N) is 2. The number of halogens is 1. The van der Waals surface area contributed by atoms with Crippen molar-refractivity contribution in [2.45, 2.75) is 32.1 Å². The van der Waals surface area contributed by atoms with E-state index in [1.807, 2.05) is 31.2 Å². The maximum atomic E-state index is 14.3. The Kier molecular flexibility index (Phi) is 7.07. The summed E-state index contributed by atoms with van der Waals surface area (Å²) in [6.45, 7) is 5.63. The minimum absolute atomic E-state index is 0.171. The molecule has 4 rings (SSSR count). The molecule has 0 unspecified atom stereocenters. The van der Waals surface area contributed by atoms with Gasteiger partial charge in [0.05, 0.1) is 6.61 Å². The van der Waals surface area contributed by atoms with Crippen molar-refractivity contribution in [1.82, 2.24) is 15.1 Å². The Balaban J connectivity index is 1.59. The van der Waals surface area contributed by atoms with Crippen molar-refractivity contribution in [3.63, 3.8) is 0 Å². The summed E-state index contributed by atoms with van der Waals surface area (Å²) in [4.78, 5) is 25.7. The first-order valence-electron chi connectivity index (χ1n) is 11.4. The summed E-state index contributed by atoms with van der Waals surface area (Å²) in [6.07, 6.45) is 1.45. The molecule has 0 atom stereocenters. The minimum Gasteiger partial charge on any atom is -0.494 e. The first-order chi connectivity index (χ1) is 16.4. The number of carbonyl (C=O) groups excluding carboxylic acids is 1. The summed E-state index contributed by atoms with van der Waals surface area (Å²) in [5.74, 6) is -0.299. The predicted molar refractivity (Wildman–Crippen MR) is 126 cm³/mol. The van der Waals surface area contributed by atoms with Crippen LogP contribution in [0.4, 0.5) is 4.39 Å². The zero-order valence-electron chi connectivity index (χ0n) is 19.3. The van der Waals surface area contributed by atoms with Gasteiger partial charge in [-0.2, -0.15) is 5.10 Å². The fourth-order valence-electron chi connectivity index (χ4n) is 4.31. The predicted octanol–water partition coefficient (Wildman–Crippen LogP) is 3.56. The molecule has 3 aromatic rings. The molecule has 7 nitrogen and oxygen atoms in total. The van der Waals surface area contributed by atoms with E-state index in [0.29, 0.717) is 32.1 Å². The van der Waals surface area contributed by atoms with Crippen LogP contribution in [0.15, 0.2) is 59.4 Å². The molecule has 34 heavy (non-hydrogen) atoms. The number of benzene rings is 2. The number of ether oxygens (including phenoxy) is 2. The second kappa shape index (κ2) is 10.2. The van der Waals surface area contributed by atoms with Gasteiger partial charge in [0.2, 0.25) is 5.43 Å². The second-order valence-electron chi connectivity index (χ2n) is 8.39. The van der Waals surface area contributed by atoms with Gasteiger partial charge in [-0.15, -0.1) is 0 Å². The Morgan fingerprint density at radius 1 is 1.18 bits per heavy atom. The van der Waals surface area contributed by atoms with Crippen molar-refractivity contribution >= 4 is 5.91 Å². The topological polar surface area (TPSA) is 82.5 Å². The summed E-state index contributed by atoms with van der Waals surface area (Å²) >= 11 is 0. The number of carbonyl (C=O) groups is 1. The minimum atomic E-state index is -0.591. The quantitative estimate of drug-likeness (QED) is 0.577. The Labute approximate surface area is 197 Å². The van der Waals surface area contributed by atoms with Crippen molar-refractivity contribution in [3.05, 3.63) is 87.6 Å². The average molecular weight is 466 g/mol. The van der Waals surface area contributed by atoms with Crippen molar-refractivity contribution in [3.8, 4) is 11.4 Å². The van der Waals surface area contributed by atoms with E-state index in [9.17, 15) is 14.0 Å². The zero-order chi connectivity index (χ0) is 24.1. The Hall–Kier alpha value is -3.52. The highest BCUT2D eigenvalue weighted by Crippen LogP contribution is 2.35. The fourth-order valence-corrected chi connectivity index (χ4v) is 4.31. The number of hydrogen-bond acceptors (Lipinski definition) is 5. The molecule has 178 valence electrons. The summed E-state index contributed by atoms with van der Waals surface area (Å²) in [5.41, 5.74) is 0.548. The molecule has 1 saturated heterocycles. The highest BCUT2D eigenvalue weighted by atomic mass is 19.1. The molecule has 1 aromatic heterocycles. The molecule has 1 fully saturated rings. The second-order valence-corrected chi connectivity index (χ2v) is 8.39. The summed E-state index contributed by atoms with van der Waals surface area (Å²) < 4.78 is 26.7. The molecule has 0 spiro atoms. The van der Waals surface area contributed by atoms with Crippen LogP contribution < -0.4 is 15.5 Å². The van der Waals surface area contributed by atoms with Crippen molar-refractivity contribution < 1.29 is 18.7 Å². The lowest BCUT2D eigenvalue weighted by molar-refractivity contribution is 0.0486. The van der Waals surface area contributed by atoms with Crippen molar-refractivity contribution in [2.75, 3.05) is 26.4 Å². The van der Waals surface area contributed by atoms with E-state index in [2.05, 4.69) is 10.4 Å². The van der Waals surface area contributed by atoms with Crippen molar-refractivity contribution in [2.24, 2.45) is 0 Å². The van der Waals surface area contributed by atoms with E-state index in [1.165, 1.54) is 16.8 Å². The van der Waals surface area contributed by atoms with Gasteiger partial charge in [-0.1, -0.05) is 24.3 Å². The molecule has 1 aliphatic heterocycles. The number of rotatable bonds is 7. The van der Waals surface area contributed by atoms with E-state index in [4.69, 9.17) is 9.47 Å². The standard InChI is InChI=1S/C26H28FN3O4/c1-3-34-20-10-8-19(9-11-20)26(12-14-33-15-13-26)17-28-25(32)24-23(31)16-18(2)30(29-24)22-7-5-4-6-21(22)27/h4-11,16H,3,12-15,17H2,1-2H3,(H,28,32). The third-order valence-corrected chi connectivity index (χ3v) is 6.22. The van der Waals surface area contributed by atoms with E-state index >= 15 is 0 Å². The molecular weight excluding hydrogens is 437 g/mol. The van der Waals surface area contributed by atoms with Gasteiger partial charge in [-0.25, -0.2) is 9.07 Å². The summed E-state index contributed by atoms with van der Waals surface area (Å²) in [6, 6.07) is 15.3. The van der Waals surface area contributed by atoms with Gasteiger partial charge in [0.15, 0.2) is 5.69 Å². The molecule has 0 aliphatic carbocycles. The molecule has 8 heteroatoms. The lowest BCUT2D eigenvalue weighted by Crippen LogP contribution is -2.45. The number of aromatic nitrogens is 2. The molecule has 1 N–H and O–H groups in total. The SMILES string of the molecule is CCOc1ccc(C2(CNC(=O)c3nn(-c4ccccc4F)c(C)cc3=O)CCOCC2)cc1. The summed E-state index contributed by atoms with van der Waals surface area (Å²) in [5, 5.41) is 7.11. The normalized spacial score (nSPS) is 15.0. The van der Waals surface area contributed by atoms with Gasteiger partial charge >= 0.3 is 0 Å². The van der Waals surface area contributed by atoms with Gasteiger partial charge < -0.3 is 14.8 Å². The zero-order valence-corrected chi connectivity index (χ0v) is 19.3. The van der Waals surface area contributed by atoms with Crippen LogP contribution in [-0.4, -0.2) is 42.1 Å². The molecule has 2 aromatic carbocycles. The highest BCUT2D eigenvalue weighted by molar-refractivity contribution is 5.92. The van der Waals surface area contributed by atoms with E-state index in [0.717, 1.165) is 24.2 Å². The number of nitrogens with one attached hydrogen (secondary N) is 1. The number of aryl methyl sites for hydroxylation is 1. The molecule has 0 bridgehead atoms. The van der Waals surface area contributed by atoms with Gasteiger partial charge in [0.25, 0.3) is 5.91 Å². The Bertz CT molecular complexity index is 1220. The monoisotopic (exact) mass is 465 g/mol. The molecular formula is C26H28FN3O4. The van der Waals surface area contributed by atoms with Crippen molar-refractivity contribution in [1.29, 1.82) is 0 Å². The number of amides is 1. The Morgan fingerprint density at radius 3 is 2.56 bits per heavy atom. The summed E-state index contributed by atoms with van der Waals surface area (Å²) in [7, 11) is 0. The third-order valence-electron chi connectivity index (χ3n) is 6.22. The molecule has 1 amide bonds. The fraction of sp³-hybridized carbons (Fsp3) is 0.346. The van der Waals surface area contributed by atoms with E-state index in [1.54, 1.807) is 25.1 Å². The average Bonchev–Trinajstić information content (AvgIpc) is 2.84. The third kappa shape index (κ3) is 4.87. The van der Waals surface area contributed by atoms with Crippen LogP contribution in [-0.2, 0) is 10.2 Å². The van der Waals surface area contributed by atoms with Crippen LogP contribution in [0.3, 0.4) is 0 Å². The first kappa shape index (κ1) is 23.6. The molecule has 0 saturated carbocycles. The smallest absolute Gasteiger partial charge is 0.275 e. The molecule has 1 aliphatic rings. The molecule has 2 heterocycles. The van der Waals surface area contributed by atoms with Gasteiger partial charge in [-0.3, -0.25) is 9.59 Å². The van der Waals surface area contributed by atoms with Gasteiger partial charge in [0, 0.05) is 36.9 Å². The van der Waals surface area contributed by atoms with E-state index < -0.39 is 17.2 Å². The largest absolute Gasteiger partial charge is 0.494 e. The van der Waals surface area contributed by atoms with Gasteiger partial charge in [-0.05, 0) is 56.5 Å².